The second-order valence-electron chi connectivity index (χ2n) is 11.0. The molecule has 3 amide bonds. The summed E-state index contributed by atoms with van der Waals surface area (Å²) < 4.78 is 10.7. The maximum Gasteiger partial charge on any atom is 0.338 e. The first-order valence-corrected chi connectivity index (χ1v) is 19.1. The lowest BCUT2D eigenvalue weighted by Crippen LogP contribution is -2.58. The molecule has 3 N–H and O–H groups in total. The number of amides is 3. The Balaban J connectivity index is 2.34. The normalized spacial score (nSPS) is 22.6. The first kappa shape index (κ1) is 38.5. The number of esters is 2. The van der Waals surface area contributed by atoms with Crippen LogP contribution in [0.4, 0.5) is 0 Å². The van der Waals surface area contributed by atoms with Gasteiger partial charge in [-0.2, -0.15) is 11.8 Å². The van der Waals surface area contributed by atoms with Crippen LogP contribution in [0.3, 0.4) is 0 Å². The van der Waals surface area contributed by atoms with E-state index in [2.05, 4.69) is 22.0 Å². The minimum atomic E-state index is -1.02. The number of carbonyl (C=O) groups excluding carboxylic acids is 5. The van der Waals surface area contributed by atoms with Gasteiger partial charge in [0.2, 0.25) is 17.7 Å². The number of ether oxygens (including phenoxy) is 2. The quantitative estimate of drug-likeness (QED) is 0.165. The molecule has 45 heavy (non-hydrogen) atoms. The van der Waals surface area contributed by atoms with Crippen LogP contribution in [-0.2, 0) is 28.7 Å². The van der Waals surface area contributed by atoms with Crippen molar-refractivity contribution in [3.8, 4) is 0 Å². The molecule has 0 aliphatic carbocycles. The Hall–Kier alpha value is -2.64. The van der Waals surface area contributed by atoms with Gasteiger partial charge in [-0.25, -0.2) is 4.79 Å². The van der Waals surface area contributed by atoms with Crippen LogP contribution in [0.15, 0.2) is 42.5 Å². The number of methoxy groups -OCH3 is 1. The summed E-state index contributed by atoms with van der Waals surface area (Å²) in [5.41, 5.74) is 0.312. The SMILES string of the molecule is CC[C@@H](C)C(NC(=O)[C@H]1CSSCC/C=C/[C@@H](C)CC(=O)N[C@H](CCSC)C(=O)N1)[C@H](CC(=O)OC)OC(=O)c1ccccc1. The van der Waals surface area contributed by atoms with Crippen molar-refractivity contribution in [3.63, 3.8) is 0 Å². The fourth-order valence-electron chi connectivity index (χ4n) is 4.58. The van der Waals surface area contributed by atoms with Gasteiger partial charge in [0, 0.05) is 17.9 Å². The van der Waals surface area contributed by atoms with Crippen LogP contribution in [0, 0.1) is 11.8 Å². The minimum absolute atomic E-state index is 0.0296. The summed E-state index contributed by atoms with van der Waals surface area (Å²) in [6, 6.07) is 5.91. The van der Waals surface area contributed by atoms with Gasteiger partial charge in [0.05, 0.1) is 25.1 Å². The van der Waals surface area contributed by atoms with Gasteiger partial charge in [0.1, 0.15) is 18.2 Å². The Morgan fingerprint density at radius 2 is 1.87 bits per heavy atom. The van der Waals surface area contributed by atoms with Crippen molar-refractivity contribution in [1.29, 1.82) is 0 Å². The first-order chi connectivity index (χ1) is 21.6. The van der Waals surface area contributed by atoms with Crippen molar-refractivity contribution in [2.24, 2.45) is 11.8 Å². The molecule has 0 saturated carbocycles. The Morgan fingerprint density at radius 1 is 1.13 bits per heavy atom. The maximum absolute atomic E-state index is 13.9. The van der Waals surface area contributed by atoms with Crippen LogP contribution < -0.4 is 16.0 Å². The number of thioether (sulfide) groups is 1. The first-order valence-electron chi connectivity index (χ1n) is 15.2. The Bertz CT molecular complexity index is 1140. The largest absolute Gasteiger partial charge is 0.469 e. The van der Waals surface area contributed by atoms with E-state index in [1.165, 1.54) is 17.9 Å². The molecular weight excluding hydrogens is 635 g/mol. The summed E-state index contributed by atoms with van der Waals surface area (Å²) >= 11 is 1.56. The van der Waals surface area contributed by atoms with Crippen molar-refractivity contribution >= 4 is 63.0 Å². The Morgan fingerprint density at radius 3 is 2.53 bits per heavy atom. The number of nitrogens with one attached hydrogen (secondary N) is 3. The summed E-state index contributed by atoms with van der Waals surface area (Å²) in [6.45, 7) is 5.80. The second kappa shape index (κ2) is 21.2. The van der Waals surface area contributed by atoms with E-state index in [0.29, 0.717) is 24.2 Å². The van der Waals surface area contributed by atoms with Gasteiger partial charge < -0.3 is 25.4 Å². The van der Waals surface area contributed by atoms with Crippen LogP contribution in [0.5, 0.6) is 0 Å². The molecule has 0 aromatic heterocycles. The van der Waals surface area contributed by atoms with Crippen LogP contribution in [0.1, 0.15) is 63.2 Å². The lowest BCUT2D eigenvalue weighted by Gasteiger charge is -2.33. The van der Waals surface area contributed by atoms with E-state index in [4.69, 9.17) is 9.47 Å². The molecule has 1 unspecified atom stereocenters. The minimum Gasteiger partial charge on any atom is -0.469 e. The number of hydrogen-bond donors (Lipinski definition) is 3. The van der Waals surface area contributed by atoms with Gasteiger partial charge in [-0.3, -0.25) is 19.2 Å². The Kier molecular flexibility index (Phi) is 18.2. The molecule has 1 aliphatic rings. The van der Waals surface area contributed by atoms with E-state index in [9.17, 15) is 24.0 Å². The van der Waals surface area contributed by atoms with Gasteiger partial charge in [0.15, 0.2) is 0 Å². The van der Waals surface area contributed by atoms with E-state index < -0.39 is 48.0 Å². The highest BCUT2D eigenvalue weighted by molar-refractivity contribution is 8.76. The van der Waals surface area contributed by atoms with E-state index in [0.717, 1.165) is 12.2 Å². The molecule has 1 heterocycles. The maximum atomic E-state index is 13.9. The van der Waals surface area contributed by atoms with Gasteiger partial charge in [-0.1, -0.05) is 79.1 Å². The van der Waals surface area contributed by atoms with Crippen molar-refractivity contribution in [2.75, 3.05) is 30.6 Å². The molecule has 0 radical (unpaired) electrons. The van der Waals surface area contributed by atoms with Crippen LogP contribution in [0.2, 0.25) is 0 Å². The molecular formula is C32H47N3O7S3. The molecule has 1 aromatic carbocycles. The molecule has 10 nitrogen and oxygen atoms in total. The predicted octanol–water partition coefficient (Wildman–Crippen LogP) is 4.40. The highest BCUT2D eigenvalue weighted by Crippen LogP contribution is 2.25. The molecule has 0 spiro atoms. The van der Waals surface area contributed by atoms with E-state index >= 15 is 0 Å². The highest BCUT2D eigenvalue weighted by Gasteiger charge is 2.36. The zero-order valence-electron chi connectivity index (χ0n) is 26.7. The summed E-state index contributed by atoms with van der Waals surface area (Å²) in [6.07, 6.45) is 6.79. The predicted molar refractivity (Wildman–Crippen MR) is 183 cm³/mol. The second-order valence-corrected chi connectivity index (χ2v) is 14.6. The summed E-state index contributed by atoms with van der Waals surface area (Å²) in [5.74, 6) is -0.816. The van der Waals surface area contributed by atoms with E-state index in [1.54, 1.807) is 52.9 Å². The van der Waals surface area contributed by atoms with Crippen molar-refractivity contribution in [1.82, 2.24) is 16.0 Å². The highest BCUT2D eigenvalue weighted by atomic mass is 33.1. The zero-order chi connectivity index (χ0) is 33.2. The van der Waals surface area contributed by atoms with Gasteiger partial charge in [-0.15, -0.1) is 0 Å². The number of rotatable bonds is 12. The van der Waals surface area contributed by atoms with Gasteiger partial charge >= 0.3 is 11.9 Å². The molecule has 6 atom stereocenters. The third-order valence-corrected chi connectivity index (χ3v) is 10.5. The standard InChI is InChI=1S/C32H47N3O7S3/c1-6-22(3)29(26(19-28(37)41-4)42-32(40)23-13-8-7-9-14-23)35-31(39)25-20-45-44-16-11-10-12-21(2)18-27(36)33-24(15-17-43-5)30(38)34-25/h7-10,12-14,21-22,24-26,29H,6,11,15-20H2,1-5H3,(H,33,36)(H,34,38)(H,35,39)/b12-10+/t21-,22-,24-,25-,26+,29?/m1/s1. The van der Waals surface area contributed by atoms with Crippen LogP contribution >= 0.6 is 33.3 Å². The zero-order valence-corrected chi connectivity index (χ0v) is 29.2. The van der Waals surface area contributed by atoms with Crippen molar-refractivity contribution < 1.29 is 33.4 Å². The smallest absolute Gasteiger partial charge is 0.338 e. The molecule has 13 heteroatoms. The molecule has 0 bridgehead atoms. The average molecular weight is 682 g/mol. The molecule has 0 fully saturated rings. The number of allylic oxidation sites excluding steroid dienone is 2. The van der Waals surface area contributed by atoms with E-state index in [-0.39, 0.29) is 36.3 Å². The fraction of sp³-hybridized carbons (Fsp3) is 0.594. The summed E-state index contributed by atoms with van der Waals surface area (Å²) in [5, 5.41) is 8.73. The number of carbonyl (C=O) groups is 5. The lowest BCUT2D eigenvalue weighted by atomic mass is 9.92. The third kappa shape index (κ3) is 14.1. The topological polar surface area (TPSA) is 140 Å². The van der Waals surface area contributed by atoms with Crippen LogP contribution in [0.25, 0.3) is 0 Å². The summed E-state index contributed by atoms with van der Waals surface area (Å²) in [4.78, 5) is 65.7. The molecule has 0 saturated heterocycles. The fourth-order valence-corrected chi connectivity index (χ4v) is 7.21. The van der Waals surface area contributed by atoms with Crippen molar-refractivity contribution in [3.05, 3.63) is 48.0 Å². The molecule has 250 valence electrons. The lowest BCUT2D eigenvalue weighted by molar-refractivity contribution is -0.144. The third-order valence-electron chi connectivity index (χ3n) is 7.38. The number of benzene rings is 1. The molecule has 1 aromatic rings. The van der Waals surface area contributed by atoms with Gasteiger partial charge in [-0.05, 0) is 48.8 Å². The average Bonchev–Trinajstić information content (AvgIpc) is 3.03. The van der Waals surface area contributed by atoms with Gasteiger partial charge in [0.25, 0.3) is 0 Å². The number of hydrogen-bond acceptors (Lipinski definition) is 10. The monoisotopic (exact) mass is 681 g/mol. The molecule has 1 aliphatic heterocycles. The summed E-state index contributed by atoms with van der Waals surface area (Å²) in [7, 11) is 4.32. The van der Waals surface area contributed by atoms with Crippen LogP contribution in [-0.4, -0.2) is 84.5 Å². The molecule has 2 rings (SSSR count). The van der Waals surface area contributed by atoms with E-state index in [1.807, 2.05) is 33.1 Å². The van der Waals surface area contributed by atoms with Crippen molar-refractivity contribution in [2.45, 2.75) is 77.1 Å². The Labute approximate surface area is 279 Å².